The number of halogens is 1. The van der Waals surface area contributed by atoms with Crippen LogP contribution in [-0.4, -0.2) is 102 Å². The molecule has 0 aromatic heterocycles. The van der Waals surface area contributed by atoms with Crippen LogP contribution >= 0.6 is 22.6 Å². The van der Waals surface area contributed by atoms with Gasteiger partial charge in [0.25, 0.3) is 0 Å². The van der Waals surface area contributed by atoms with Gasteiger partial charge in [0, 0.05) is 61.9 Å². The number of hydrogen-bond donors (Lipinski definition) is 2. The monoisotopic (exact) mass is 767 g/mol. The number of rotatable bonds is 11. The van der Waals surface area contributed by atoms with Crippen LogP contribution in [-0.2, 0) is 19.1 Å². The average molecular weight is 768 g/mol. The van der Waals surface area contributed by atoms with E-state index >= 15 is 4.79 Å². The van der Waals surface area contributed by atoms with Crippen molar-refractivity contribution in [1.29, 1.82) is 0 Å². The van der Waals surface area contributed by atoms with Crippen molar-refractivity contribution in [3.63, 3.8) is 0 Å². The third-order valence-corrected chi connectivity index (χ3v) is 14.8. The minimum absolute atomic E-state index is 0.139. The van der Waals surface area contributed by atoms with Gasteiger partial charge in [0.1, 0.15) is 0 Å². The molecule has 4 fully saturated rings. The van der Waals surface area contributed by atoms with Crippen LogP contribution in [0.1, 0.15) is 109 Å². The summed E-state index contributed by atoms with van der Waals surface area (Å²) in [5, 5.41) is 13.7. The molecule has 3 saturated carbocycles. The third-order valence-electron chi connectivity index (χ3n) is 13.2. The lowest BCUT2D eigenvalue weighted by molar-refractivity contribution is -0.150. The number of carbonyl (C=O) groups is 2. The zero-order chi connectivity index (χ0) is 32.8. The molecule has 2 heterocycles. The fourth-order valence-corrected chi connectivity index (χ4v) is 11.6. The van der Waals surface area contributed by atoms with E-state index in [1.165, 1.54) is 44.1 Å². The fraction of sp³-hybridized carbons (Fsp3) is 0.895. The standard InChI is InChI=1S/C38H62IN3O5/c1-46-34-13-7-3-9-30(34)25-42-35(28-16-14-27(26-43)15-17-28)38(24-29-8-2-6-12-33(29)39,32-11-5-4-10-31(32)36(42)44)37(45)40-18-19-41-20-22-47-23-21-41/h27-30,33-35,43H,2-26H2,1H3,(H,40,45)/t27?,28?,29?,30?,33?,34?,35-,38-/m0/s1. The quantitative estimate of drug-likeness (QED) is 0.202. The smallest absolute Gasteiger partial charge is 0.250 e. The van der Waals surface area contributed by atoms with Gasteiger partial charge in [0.2, 0.25) is 11.8 Å². The molecule has 2 amide bonds. The highest BCUT2D eigenvalue weighted by Gasteiger charge is 2.60. The lowest BCUT2D eigenvalue weighted by Gasteiger charge is -2.57. The van der Waals surface area contributed by atoms with Crippen LogP contribution in [0.25, 0.3) is 0 Å². The van der Waals surface area contributed by atoms with Crippen molar-refractivity contribution in [3.05, 3.63) is 11.1 Å². The molecule has 4 unspecified atom stereocenters. The van der Waals surface area contributed by atoms with Crippen LogP contribution in [0.3, 0.4) is 0 Å². The first-order chi connectivity index (χ1) is 23.0. The molecule has 2 aliphatic heterocycles. The Kier molecular flexibility index (Phi) is 13.0. The summed E-state index contributed by atoms with van der Waals surface area (Å²) < 4.78 is 12.2. The number of alkyl halides is 1. The first-order valence-electron chi connectivity index (χ1n) is 19.4. The van der Waals surface area contributed by atoms with Crippen molar-refractivity contribution in [1.82, 2.24) is 15.1 Å². The molecule has 0 aromatic rings. The summed E-state index contributed by atoms with van der Waals surface area (Å²) in [6, 6.07) is -0.139. The van der Waals surface area contributed by atoms with Crippen molar-refractivity contribution in [2.24, 2.45) is 29.1 Å². The molecule has 6 aliphatic rings. The van der Waals surface area contributed by atoms with Crippen LogP contribution in [0.4, 0.5) is 0 Å². The molecule has 0 aromatic carbocycles. The highest BCUT2D eigenvalue weighted by molar-refractivity contribution is 14.1. The van der Waals surface area contributed by atoms with Gasteiger partial charge in [-0.25, -0.2) is 0 Å². The summed E-state index contributed by atoms with van der Waals surface area (Å²) >= 11 is 2.69. The van der Waals surface area contributed by atoms with E-state index in [1.807, 2.05) is 7.11 Å². The molecule has 0 bridgehead atoms. The maximum Gasteiger partial charge on any atom is 0.250 e. The molecule has 0 radical (unpaired) electrons. The lowest BCUT2D eigenvalue weighted by atomic mass is 9.55. The first kappa shape index (κ1) is 36.1. The van der Waals surface area contributed by atoms with E-state index in [0.717, 1.165) is 109 Å². The molecular formula is C38H62IN3O5. The first-order valence-corrected chi connectivity index (χ1v) is 20.6. The largest absolute Gasteiger partial charge is 0.396 e. The molecule has 2 N–H and O–H groups in total. The van der Waals surface area contributed by atoms with E-state index in [4.69, 9.17) is 9.47 Å². The number of nitrogens with one attached hydrogen (secondary N) is 1. The van der Waals surface area contributed by atoms with E-state index in [-0.39, 0.29) is 36.5 Å². The average Bonchev–Trinajstić information content (AvgIpc) is 3.12. The Morgan fingerprint density at radius 1 is 0.957 bits per heavy atom. The number of aliphatic hydroxyl groups is 1. The summed E-state index contributed by atoms with van der Waals surface area (Å²) in [5.41, 5.74) is 1.49. The normalized spacial score (nSPS) is 37.5. The Labute approximate surface area is 297 Å². The second kappa shape index (κ2) is 17.0. The van der Waals surface area contributed by atoms with Crippen molar-refractivity contribution >= 4 is 34.4 Å². The maximum atomic E-state index is 15.4. The maximum absolute atomic E-state index is 15.4. The number of ether oxygens (including phenoxy) is 2. The lowest BCUT2D eigenvalue weighted by Crippen LogP contribution is -2.66. The van der Waals surface area contributed by atoms with Crippen molar-refractivity contribution in [3.8, 4) is 0 Å². The highest BCUT2D eigenvalue weighted by Crippen LogP contribution is 2.56. The minimum atomic E-state index is -0.700. The Balaban J connectivity index is 1.42. The predicted octanol–water partition coefficient (Wildman–Crippen LogP) is 5.89. The minimum Gasteiger partial charge on any atom is -0.396 e. The van der Waals surface area contributed by atoms with E-state index < -0.39 is 5.41 Å². The Morgan fingerprint density at radius 2 is 1.66 bits per heavy atom. The molecule has 6 atom stereocenters. The van der Waals surface area contributed by atoms with E-state index in [2.05, 4.69) is 37.7 Å². The second-order valence-electron chi connectivity index (χ2n) is 15.8. The molecule has 8 nitrogen and oxygen atoms in total. The van der Waals surface area contributed by atoms with Crippen molar-refractivity contribution in [2.45, 2.75) is 125 Å². The predicted molar refractivity (Wildman–Crippen MR) is 193 cm³/mol. The molecular weight excluding hydrogens is 705 g/mol. The van der Waals surface area contributed by atoms with Crippen LogP contribution in [0.2, 0.25) is 0 Å². The zero-order valence-electron chi connectivity index (χ0n) is 29.1. The SMILES string of the molecule is COC1CCCCC1CN1C(=O)C2=C(CCCC2)[C@](CC2CCCCC2I)(C(=O)NCCN2CCOCC2)[C@@H]1C1CCC(CO)CC1. The summed E-state index contributed by atoms with van der Waals surface area (Å²) in [6.07, 6.45) is 18.1. The summed E-state index contributed by atoms with van der Waals surface area (Å²) in [7, 11) is 1.84. The molecule has 47 heavy (non-hydrogen) atoms. The van der Waals surface area contributed by atoms with Gasteiger partial charge in [-0.15, -0.1) is 0 Å². The van der Waals surface area contributed by atoms with Crippen molar-refractivity contribution in [2.75, 3.05) is 59.7 Å². The van der Waals surface area contributed by atoms with Crippen LogP contribution in [0, 0.1) is 29.1 Å². The van der Waals surface area contributed by atoms with E-state index in [1.54, 1.807) is 0 Å². The van der Waals surface area contributed by atoms with Gasteiger partial charge in [-0.2, -0.15) is 0 Å². The fourth-order valence-electron chi connectivity index (χ4n) is 10.6. The number of nitrogens with zero attached hydrogens (tertiary/aromatic N) is 2. The summed E-state index contributed by atoms with van der Waals surface area (Å²) in [6.45, 7) is 5.73. The Hall–Kier alpha value is -0.750. The van der Waals surface area contributed by atoms with E-state index in [0.29, 0.717) is 34.8 Å². The molecule has 266 valence electrons. The number of aliphatic hydroxyl groups excluding tert-OH is 1. The van der Waals surface area contributed by atoms with Gasteiger partial charge >= 0.3 is 0 Å². The number of carbonyl (C=O) groups excluding carboxylic acids is 2. The van der Waals surface area contributed by atoms with Crippen LogP contribution < -0.4 is 5.32 Å². The Bertz CT molecular complexity index is 1090. The third kappa shape index (κ3) is 7.94. The molecule has 0 spiro atoms. The number of morpholine rings is 1. The van der Waals surface area contributed by atoms with Gasteiger partial charge in [0.15, 0.2) is 0 Å². The Morgan fingerprint density at radius 3 is 2.38 bits per heavy atom. The molecule has 6 rings (SSSR count). The van der Waals surface area contributed by atoms with Gasteiger partial charge in [-0.05, 0) is 107 Å². The summed E-state index contributed by atoms with van der Waals surface area (Å²) in [4.78, 5) is 35.1. The zero-order valence-corrected chi connectivity index (χ0v) is 31.2. The number of hydrogen-bond acceptors (Lipinski definition) is 6. The highest BCUT2D eigenvalue weighted by atomic mass is 127. The topological polar surface area (TPSA) is 91.3 Å². The molecule has 1 saturated heterocycles. The number of amides is 2. The van der Waals surface area contributed by atoms with Crippen LogP contribution in [0.15, 0.2) is 11.1 Å². The molecule has 9 heteroatoms. The van der Waals surface area contributed by atoms with Gasteiger partial charge in [-0.1, -0.05) is 48.3 Å². The van der Waals surface area contributed by atoms with Crippen LogP contribution in [0.5, 0.6) is 0 Å². The second-order valence-corrected chi connectivity index (χ2v) is 17.4. The van der Waals surface area contributed by atoms with Gasteiger partial charge < -0.3 is 24.8 Å². The number of methoxy groups -OCH3 is 1. The van der Waals surface area contributed by atoms with Gasteiger partial charge in [0.05, 0.1) is 30.8 Å². The van der Waals surface area contributed by atoms with Gasteiger partial charge in [-0.3, -0.25) is 14.5 Å². The summed E-state index contributed by atoms with van der Waals surface area (Å²) in [5.74, 6) is 1.76. The van der Waals surface area contributed by atoms with Crippen molar-refractivity contribution < 1.29 is 24.2 Å². The van der Waals surface area contributed by atoms with E-state index in [9.17, 15) is 9.90 Å². The molecule has 4 aliphatic carbocycles.